The minimum atomic E-state index is -1.37. The zero-order valence-electron chi connectivity index (χ0n) is 9.45. The van der Waals surface area contributed by atoms with Crippen LogP contribution in [0.3, 0.4) is 0 Å². The Bertz CT molecular complexity index is 224. The molecule has 0 bridgehead atoms. The molecule has 0 atom stereocenters. The van der Waals surface area contributed by atoms with Gasteiger partial charge in [0.1, 0.15) is 0 Å². The quantitative estimate of drug-likeness (QED) is 0.437. The number of carboxylic acid groups (broad SMARTS) is 4. The van der Waals surface area contributed by atoms with Gasteiger partial charge in [-0.05, 0) is 25.7 Å². The van der Waals surface area contributed by atoms with Gasteiger partial charge in [0.25, 0.3) is 0 Å². The van der Waals surface area contributed by atoms with E-state index in [9.17, 15) is 39.6 Å². The first-order valence-electron chi connectivity index (χ1n) is 4.05. The van der Waals surface area contributed by atoms with Gasteiger partial charge in [-0.15, -0.1) is 0 Å². The zero-order chi connectivity index (χ0) is 13.1. The normalized spacial score (nSPS) is 7.56. The standard InChI is InChI=1S/2C4H6O4.Fe.Na/c2*5-3(6)1-2-4(7)8;;/h2*1-2H2,(H,5,6)(H,7,8);;/q;;+3;+1/p-4. The minimum Gasteiger partial charge on any atom is -0.550 e. The maximum atomic E-state index is 9.50. The van der Waals surface area contributed by atoms with Crippen molar-refractivity contribution in [2.24, 2.45) is 0 Å². The molecule has 0 amide bonds. The molecule has 0 aromatic heterocycles. The maximum Gasteiger partial charge on any atom is 3.00 e. The summed E-state index contributed by atoms with van der Waals surface area (Å²) in [5, 5.41) is 38.0. The van der Waals surface area contributed by atoms with Crippen LogP contribution in [0.1, 0.15) is 25.7 Å². The summed E-state index contributed by atoms with van der Waals surface area (Å²) in [5.41, 5.74) is 0. The number of hydrogen-bond acceptors (Lipinski definition) is 8. The Kier molecular flexibility index (Phi) is 23.7. The molecule has 10 heteroatoms. The smallest absolute Gasteiger partial charge is 0.550 e. The van der Waals surface area contributed by atoms with Gasteiger partial charge < -0.3 is 39.6 Å². The Morgan fingerprint density at radius 2 is 0.667 bits per heavy atom. The van der Waals surface area contributed by atoms with E-state index in [0.717, 1.165) is 0 Å². The van der Waals surface area contributed by atoms with Crippen molar-refractivity contribution >= 4 is 23.9 Å². The van der Waals surface area contributed by atoms with Crippen molar-refractivity contribution in [3.63, 3.8) is 0 Å². The van der Waals surface area contributed by atoms with Gasteiger partial charge in [0, 0.05) is 23.9 Å². The van der Waals surface area contributed by atoms with Crippen LogP contribution in [0.15, 0.2) is 0 Å². The number of carbonyl (C=O) groups excluding carboxylic acids is 4. The SMILES string of the molecule is O=C([O-])CCC(=O)[O-].O=C([O-])CCC(=O)[O-].[Fe+3].[Na+]. The number of aliphatic carboxylic acids is 4. The van der Waals surface area contributed by atoms with Crippen molar-refractivity contribution < 1.29 is 86.2 Å². The summed E-state index contributed by atoms with van der Waals surface area (Å²) >= 11 is 0. The fourth-order valence-corrected chi connectivity index (χ4v) is 0.408. The Morgan fingerprint density at radius 3 is 0.722 bits per heavy atom. The molecule has 0 aromatic carbocycles. The molecule has 0 aliphatic carbocycles. The van der Waals surface area contributed by atoms with E-state index in [1.807, 2.05) is 0 Å². The van der Waals surface area contributed by atoms with Crippen molar-refractivity contribution in [1.82, 2.24) is 0 Å². The van der Waals surface area contributed by atoms with Crippen LogP contribution in [0.2, 0.25) is 0 Å². The van der Waals surface area contributed by atoms with Gasteiger partial charge in [-0.2, -0.15) is 0 Å². The van der Waals surface area contributed by atoms with Crippen LogP contribution in [0, 0.1) is 0 Å². The van der Waals surface area contributed by atoms with Crippen LogP contribution >= 0.6 is 0 Å². The zero-order valence-corrected chi connectivity index (χ0v) is 12.6. The summed E-state index contributed by atoms with van der Waals surface area (Å²) in [4.78, 5) is 38.0. The van der Waals surface area contributed by atoms with E-state index >= 15 is 0 Å². The van der Waals surface area contributed by atoms with Crippen molar-refractivity contribution in [1.29, 1.82) is 0 Å². The topological polar surface area (TPSA) is 161 Å². The van der Waals surface area contributed by atoms with E-state index in [-0.39, 0.29) is 46.6 Å². The van der Waals surface area contributed by atoms with Crippen LogP contribution in [0.5, 0.6) is 0 Å². The molecule has 0 aromatic rings. The second-order valence-electron chi connectivity index (χ2n) is 2.49. The third kappa shape index (κ3) is 36.1. The molecule has 0 heterocycles. The van der Waals surface area contributed by atoms with Gasteiger partial charge in [0.15, 0.2) is 0 Å². The van der Waals surface area contributed by atoms with Crippen LogP contribution < -0.4 is 50.0 Å². The third-order valence-electron chi connectivity index (χ3n) is 1.07. The molecule has 0 N–H and O–H groups in total. The van der Waals surface area contributed by atoms with Crippen molar-refractivity contribution in [2.45, 2.75) is 25.7 Å². The molecule has 0 saturated carbocycles. The Balaban J connectivity index is -0.0000000980. The van der Waals surface area contributed by atoms with Gasteiger partial charge in [-0.3, -0.25) is 0 Å². The number of carboxylic acids is 4. The average molecular weight is 311 g/mol. The summed E-state index contributed by atoms with van der Waals surface area (Å²) in [6.45, 7) is 0. The Labute approximate surface area is 135 Å². The fourth-order valence-electron chi connectivity index (χ4n) is 0.408. The molecule has 1 radical (unpaired) electrons. The van der Waals surface area contributed by atoms with Crippen molar-refractivity contribution in [2.75, 3.05) is 0 Å². The maximum absolute atomic E-state index is 9.50. The van der Waals surface area contributed by atoms with E-state index in [2.05, 4.69) is 0 Å². The number of rotatable bonds is 6. The summed E-state index contributed by atoms with van der Waals surface area (Å²) in [7, 11) is 0. The van der Waals surface area contributed by atoms with Crippen molar-refractivity contribution in [3.8, 4) is 0 Å². The van der Waals surface area contributed by atoms with E-state index < -0.39 is 49.6 Å². The second kappa shape index (κ2) is 16.4. The van der Waals surface area contributed by atoms with E-state index in [1.165, 1.54) is 0 Å². The number of carbonyl (C=O) groups is 4. The summed E-state index contributed by atoms with van der Waals surface area (Å²) in [5.74, 6) is -5.47. The minimum absolute atomic E-state index is 0. The van der Waals surface area contributed by atoms with E-state index in [1.54, 1.807) is 0 Å². The Morgan fingerprint density at radius 1 is 0.556 bits per heavy atom. The number of hydrogen-bond donors (Lipinski definition) is 0. The van der Waals surface area contributed by atoms with E-state index in [4.69, 9.17) is 0 Å². The molecule has 0 fully saturated rings. The largest absolute Gasteiger partial charge is 3.00 e. The fraction of sp³-hybridized carbons (Fsp3) is 0.500. The first-order chi connectivity index (χ1) is 7.25. The van der Waals surface area contributed by atoms with Gasteiger partial charge in [-0.1, -0.05) is 0 Å². The molecule has 0 unspecified atom stereocenters. The molecule has 97 valence electrons. The van der Waals surface area contributed by atoms with Gasteiger partial charge in [0.05, 0.1) is 0 Å². The molecule has 18 heavy (non-hydrogen) atoms. The van der Waals surface area contributed by atoms with Crippen LogP contribution in [0.25, 0.3) is 0 Å². The molecule has 8 nitrogen and oxygen atoms in total. The summed E-state index contributed by atoms with van der Waals surface area (Å²) in [6.07, 6.45) is -1.88. The molecular weight excluding hydrogens is 303 g/mol. The average Bonchev–Trinajstić information content (AvgIpc) is 2.12. The molecule has 0 saturated heterocycles. The summed E-state index contributed by atoms with van der Waals surface area (Å²) in [6, 6.07) is 0. The molecular formula is C8H8FeNaO8. The first-order valence-corrected chi connectivity index (χ1v) is 4.05. The van der Waals surface area contributed by atoms with Crippen LogP contribution in [-0.2, 0) is 36.2 Å². The van der Waals surface area contributed by atoms with Crippen LogP contribution in [-0.4, -0.2) is 23.9 Å². The van der Waals surface area contributed by atoms with Gasteiger partial charge in [-0.25, -0.2) is 0 Å². The predicted molar refractivity (Wildman–Crippen MR) is 38.5 cm³/mol. The molecule has 0 rings (SSSR count). The molecule has 0 aliphatic rings. The Hall–Kier alpha value is -0.601. The van der Waals surface area contributed by atoms with Gasteiger partial charge >= 0.3 is 46.6 Å². The van der Waals surface area contributed by atoms with Crippen molar-refractivity contribution in [3.05, 3.63) is 0 Å². The van der Waals surface area contributed by atoms with E-state index in [0.29, 0.717) is 0 Å². The molecule has 0 aliphatic heterocycles. The monoisotopic (exact) mass is 311 g/mol. The van der Waals surface area contributed by atoms with Gasteiger partial charge in [0.2, 0.25) is 0 Å². The predicted octanol–water partition coefficient (Wildman–Crippen LogP) is -8.47. The first kappa shape index (κ1) is 26.1. The van der Waals surface area contributed by atoms with Crippen LogP contribution in [0.4, 0.5) is 0 Å². The third-order valence-corrected chi connectivity index (χ3v) is 1.07. The second-order valence-corrected chi connectivity index (χ2v) is 2.49. The molecule has 0 spiro atoms. The summed E-state index contributed by atoms with van der Waals surface area (Å²) < 4.78 is 0.